The van der Waals surface area contributed by atoms with Gasteiger partial charge in [-0.1, -0.05) is 46.8 Å². The zero-order chi connectivity index (χ0) is 17.1. The summed E-state index contributed by atoms with van der Waals surface area (Å²) >= 11 is 0. The Morgan fingerprint density at radius 1 is 1.14 bits per heavy atom. The van der Waals surface area contributed by atoms with Crippen molar-refractivity contribution in [3.63, 3.8) is 0 Å². The Labute approximate surface area is 132 Å². The minimum absolute atomic E-state index is 0.108. The van der Waals surface area contributed by atoms with Gasteiger partial charge in [0.2, 0.25) is 0 Å². The van der Waals surface area contributed by atoms with Crippen LogP contribution in [0.25, 0.3) is 0 Å². The molecule has 0 radical (unpaired) electrons. The summed E-state index contributed by atoms with van der Waals surface area (Å²) in [6.45, 7) is 11.4. The standard InChI is InChI=1S/C18H26O4/c1-12(20)22-16-9-13(15(21)10-19)7-8-14(16)18(5,6)11-17(2,3)4/h7-9,19H,10-11H2,1-6H3. The van der Waals surface area contributed by atoms with Gasteiger partial charge in [-0.25, -0.2) is 0 Å². The van der Waals surface area contributed by atoms with Crippen LogP contribution in [0.15, 0.2) is 18.2 Å². The molecule has 0 saturated heterocycles. The lowest BCUT2D eigenvalue weighted by Crippen LogP contribution is -2.26. The molecule has 0 amide bonds. The van der Waals surface area contributed by atoms with Gasteiger partial charge in [-0.05, 0) is 23.3 Å². The molecule has 4 heteroatoms. The lowest BCUT2D eigenvalue weighted by atomic mass is 9.72. The first-order chi connectivity index (χ1) is 9.96. The molecule has 0 aromatic heterocycles. The molecule has 1 N–H and O–H groups in total. The third-order valence-corrected chi connectivity index (χ3v) is 3.40. The molecule has 0 bridgehead atoms. The quantitative estimate of drug-likeness (QED) is 0.514. The van der Waals surface area contributed by atoms with Crippen molar-refractivity contribution in [2.75, 3.05) is 6.61 Å². The van der Waals surface area contributed by atoms with Gasteiger partial charge in [0.1, 0.15) is 12.4 Å². The van der Waals surface area contributed by atoms with Crippen molar-refractivity contribution in [1.82, 2.24) is 0 Å². The molecule has 0 aliphatic heterocycles. The van der Waals surface area contributed by atoms with Crippen molar-refractivity contribution in [3.05, 3.63) is 29.3 Å². The molecule has 0 saturated carbocycles. The van der Waals surface area contributed by atoms with Gasteiger partial charge >= 0.3 is 5.97 Å². The molecule has 0 unspecified atom stereocenters. The number of Topliss-reactive ketones (excluding diaryl/α,β-unsaturated/α-hetero) is 1. The topological polar surface area (TPSA) is 63.6 Å². The van der Waals surface area contributed by atoms with Gasteiger partial charge in [0.15, 0.2) is 5.78 Å². The number of carbonyl (C=O) groups is 2. The number of esters is 1. The molecule has 1 aromatic rings. The summed E-state index contributed by atoms with van der Waals surface area (Å²) in [7, 11) is 0. The summed E-state index contributed by atoms with van der Waals surface area (Å²) in [6.07, 6.45) is 0.890. The number of hydrogen-bond acceptors (Lipinski definition) is 4. The smallest absolute Gasteiger partial charge is 0.308 e. The highest BCUT2D eigenvalue weighted by Gasteiger charge is 2.30. The fourth-order valence-corrected chi connectivity index (χ4v) is 3.01. The molecule has 0 heterocycles. The van der Waals surface area contributed by atoms with Crippen molar-refractivity contribution >= 4 is 11.8 Å². The van der Waals surface area contributed by atoms with Crippen LogP contribution in [-0.4, -0.2) is 23.5 Å². The fourth-order valence-electron chi connectivity index (χ4n) is 3.01. The average molecular weight is 306 g/mol. The summed E-state index contributed by atoms with van der Waals surface area (Å²) in [5, 5.41) is 8.99. The lowest BCUT2D eigenvalue weighted by Gasteiger charge is -2.34. The first-order valence-corrected chi connectivity index (χ1v) is 7.43. The number of aliphatic hydroxyl groups is 1. The van der Waals surface area contributed by atoms with Crippen LogP contribution in [0.2, 0.25) is 0 Å². The van der Waals surface area contributed by atoms with Gasteiger partial charge in [-0.2, -0.15) is 0 Å². The Morgan fingerprint density at radius 2 is 1.73 bits per heavy atom. The number of rotatable bonds is 5. The average Bonchev–Trinajstić information content (AvgIpc) is 2.33. The molecule has 22 heavy (non-hydrogen) atoms. The van der Waals surface area contributed by atoms with Crippen LogP contribution in [0.5, 0.6) is 5.75 Å². The van der Waals surface area contributed by atoms with E-state index in [1.807, 2.05) is 6.07 Å². The van der Waals surface area contributed by atoms with Gasteiger partial charge in [-0.15, -0.1) is 0 Å². The Bertz CT molecular complexity index is 565. The first-order valence-electron chi connectivity index (χ1n) is 7.43. The van der Waals surface area contributed by atoms with E-state index >= 15 is 0 Å². The summed E-state index contributed by atoms with van der Waals surface area (Å²) in [5.74, 6) is -0.434. The third kappa shape index (κ3) is 4.95. The van der Waals surface area contributed by atoms with Crippen molar-refractivity contribution in [1.29, 1.82) is 0 Å². The zero-order valence-electron chi connectivity index (χ0n) is 14.3. The molecular weight excluding hydrogens is 280 g/mol. The summed E-state index contributed by atoms with van der Waals surface area (Å²) in [4.78, 5) is 23.0. The molecule has 122 valence electrons. The van der Waals surface area contributed by atoms with E-state index in [2.05, 4.69) is 34.6 Å². The van der Waals surface area contributed by atoms with E-state index < -0.39 is 18.4 Å². The second kappa shape index (κ2) is 6.61. The number of ether oxygens (including phenoxy) is 1. The van der Waals surface area contributed by atoms with Crippen LogP contribution in [-0.2, 0) is 10.2 Å². The molecule has 1 aromatic carbocycles. The second-order valence-corrected chi connectivity index (χ2v) is 7.51. The van der Waals surface area contributed by atoms with E-state index in [1.165, 1.54) is 6.92 Å². The predicted molar refractivity (Wildman–Crippen MR) is 86.3 cm³/mol. The number of aliphatic hydroxyl groups excluding tert-OH is 1. The lowest BCUT2D eigenvalue weighted by molar-refractivity contribution is -0.131. The van der Waals surface area contributed by atoms with Gasteiger partial charge in [0, 0.05) is 18.1 Å². The van der Waals surface area contributed by atoms with Crippen LogP contribution in [0.3, 0.4) is 0 Å². The Morgan fingerprint density at radius 3 is 2.18 bits per heavy atom. The molecule has 0 fully saturated rings. The Kier molecular flexibility index (Phi) is 5.52. The van der Waals surface area contributed by atoms with Gasteiger partial charge in [0.25, 0.3) is 0 Å². The van der Waals surface area contributed by atoms with E-state index in [0.29, 0.717) is 11.3 Å². The normalized spacial score (nSPS) is 12.1. The van der Waals surface area contributed by atoms with E-state index in [-0.39, 0.29) is 10.8 Å². The second-order valence-electron chi connectivity index (χ2n) is 7.51. The Balaban J connectivity index is 3.33. The summed E-state index contributed by atoms with van der Waals surface area (Å²) in [6, 6.07) is 5.03. The van der Waals surface area contributed by atoms with Crippen LogP contribution in [0.4, 0.5) is 0 Å². The third-order valence-electron chi connectivity index (χ3n) is 3.40. The van der Waals surface area contributed by atoms with Gasteiger partial charge in [-0.3, -0.25) is 9.59 Å². The predicted octanol–water partition coefficient (Wildman–Crippen LogP) is 3.50. The largest absolute Gasteiger partial charge is 0.426 e. The van der Waals surface area contributed by atoms with Crippen LogP contribution in [0, 0.1) is 5.41 Å². The maximum absolute atomic E-state index is 11.7. The number of benzene rings is 1. The maximum Gasteiger partial charge on any atom is 0.308 e. The van der Waals surface area contributed by atoms with Crippen molar-refractivity contribution in [2.24, 2.45) is 5.41 Å². The summed E-state index contributed by atoms with van der Waals surface area (Å²) < 4.78 is 5.31. The van der Waals surface area contributed by atoms with Crippen molar-refractivity contribution < 1.29 is 19.4 Å². The SMILES string of the molecule is CC(=O)Oc1cc(C(=O)CO)ccc1C(C)(C)CC(C)(C)C. The van der Waals surface area contributed by atoms with Crippen molar-refractivity contribution in [3.8, 4) is 5.75 Å². The van der Waals surface area contributed by atoms with Gasteiger partial charge in [0.05, 0.1) is 0 Å². The van der Waals surface area contributed by atoms with Crippen LogP contribution < -0.4 is 4.74 Å². The minimum atomic E-state index is -0.565. The Hall–Kier alpha value is -1.68. The number of carbonyl (C=O) groups excluding carboxylic acids is 2. The highest BCUT2D eigenvalue weighted by Crippen LogP contribution is 2.40. The van der Waals surface area contributed by atoms with E-state index in [0.717, 1.165) is 12.0 Å². The van der Waals surface area contributed by atoms with Crippen LogP contribution in [0.1, 0.15) is 63.9 Å². The van der Waals surface area contributed by atoms with E-state index in [4.69, 9.17) is 9.84 Å². The maximum atomic E-state index is 11.7. The molecule has 1 rings (SSSR count). The van der Waals surface area contributed by atoms with Crippen molar-refractivity contribution in [2.45, 2.75) is 53.4 Å². The van der Waals surface area contributed by atoms with E-state index in [9.17, 15) is 9.59 Å². The zero-order valence-corrected chi connectivity index (χ0v) is 14.3. The van der Waals surface area contributed by atoms with Gasteiger partial charge < -0.3 is 9.84 Å². The highest BCUT2D eigenvalue weighted by atomic mass is 16.5. The first kappa shape index (κ1) is 18.4. The monoisotopic (exact) mass is 306 g/mol. The van der Waals surface area contributed by atoms with Crippen LogP contribution >= 0.6 is 0 Å². The molecule has 0 aliphatic rings. The molecule has 0 spiro atoms. The van der Waals surface area contributed by atoms with E-state index in [1.54, 1.807) is 12.1 Å². The number of hydrogen-bond donors (Lipinski definition) is 1. The molecule has 4 nitrogen and oxygen atoms in total. The fraction of sp³-hybridized carbons (Fsp3) is 0.556. The molecule has 0 aliphatic carbocycles. The highest BCUT2D eigenvalue weighted by molar-refractivity contribution is 5.97. The minimum Gasteiger partial charge on any atom is -0.426 e. The number of ketones is 1. The molecular formula is C18H26O4. The summed E-state index contributed by atoms with van der Waals surface area (Å²) in [5.41, 5.74) is 1.11. The molecule has 0 atom stereocenters.